The lowest BCUT2D eigenvalue weighted by Crippen LogP contribution is -2.14. The smallest absolute Gasteiger partial charge is 0.221 e. The van der Waals surface area contributed by atoms with Crippen LogP contribution in [0.1, 0.15) is 22.1 Å². The zero-order valence-electron chi connectivity index (χ0n) is 9.25. The fourth-order valence-electron chi connectivity index (χ4n) is 1.53. The van der Waals surface area contributed by atoms with Crippen LogP contribution in [0.3, 0.4) is 0 Å². The summed E-state index contributed by atoms with van der Waals surface area (Å²) in [5.41, 5.74) is 0.629. The molecule has 0 radical (unpaired) electrons. The number of carbonyl (C=O) groups excluding carboxylic acids is 1. The Morgan fingerprint density at radius 2 is 2.00 bits per heavy atom. The lowest BCUT2D eigenvalue weighted by molar-refractivity contribution is 0.0968. The van der Waals surface area contributed by atoms with Crippen molar-refractivity contribution in [3.8, 4) is 6.07 Å². The second-order valence-corrected chi connectivity index (χ2v) is 4.47. The van der Waals surface area contributed by atoms with Crippen molar-refractivity contribution < 1.29 is 4.79 Å². The Labute approximate surface area is 112 Å². The lowest BCUT2D eigenvalue weighted by atomic mass is 9.96. The van der Waals surface area contributed by atoms with Crippen molar-refractivity contribution in [3.63, 3.8) is 0 Å². The number of aromatic nitrogens is 2. The van der Waals surface area contributed by atoms with Crippen molar-refractivity contribution in [1.82, 2.24) is 9.97 Å². The Morgan fingerprint density at radius 3 is 2.61 bits per heavy atom. The molecule has 2 rings (SSSR count). The average Bonchev–Trinajstić information content (AvgIpc) is 2.40. The number of carbonyl (C=O) groups is 1. The second kappa shape index (κ2) is 5.52. The molecule has 0 aliphatic carbocycles. The first kappa shape index (κ1) is 12.4. The molecule has 1 aromatic carbocycles. The van der Waals surface area contributed by atoms with Gasteiger partial charge in [-0.25, -0.2) is 9.97 Å². The monoisotopic (exact) mass is 301 g/mol. The minimum atomic E-state index is -0.884. The van der Waals surface area contributed by atoms with Gasteiger partial charge in [-0.05, 0) is 23.8 Å². The van der Waals surface area contributed by atoms with Crippen LogP contribution in [-0.4, -0.2) is 15.8 Å². The molecular formula is C13H8BrN3O. The van der Waals surface area contributed by atoms with Crippen LogP contribution in [0.2, 0.25) is 0 Å². The average molecular weight is 302 g/mol. The van der Waals surface area contributed by atoms with E-state index >= 15 is 0 Å². The summed E-state index contributed by atoms with van der Waals surface area (Å²) >= 11 is 3.31. The first-order valence-corrected chi connectivity index (χ1v) is 5.98. The maximum atomic E-state index is 12.1. The number of Topliss-reactive ketones (excluding diaryl/α,β-unsaturated/α-hetero) is 1. The van der Waals surface area contributed by atoms with Crippen LogP contribution in [-0.2, 0) is 0 Å². The van der Waals surface area contributed by atoms with Crippen molar-refractivity contribution in [2.45, 2.75) is 5.92 Å². The van der Waals surface area contributed by atoms with E-state index in [2.05, 4.69) is 25.9 Å². The van der Waals surface area contributed by atoms with Gasteiger partial charge in [0.05, 0.1) is 6.07 Å². The molecule has 0 fully saturated rings. The maximum absolute atomic E-state index is 12.1. The van der Waals surface area contributed by atoms with Crippen LogP contribution in [0, 0.1) is 11.3 Å². The molecule has 2 aromatic rings. The van der Waals surface area contributed by atoms with E-state index in [0.29, 0.717) is 5.56 Å². The highest BCUT2D eigenvalue weighted by Crippen LogP contribution is 2.22. The first-order chi connectivity index (χ1) is 8.72. The van der Waals surface area contributed by atoms with Gasteiger partial charge in [-0.1, -0.05) is 28.1 Å². The summed E-state index contributed by atoms with van der Waals surface area (Å²) < 4.78 is 0.821. The molecule has 0 spiro atoms. The standard InChI is InChI=1S/C13H8BrN3O/c14-10-4-1-3-9(7-10)11(8-15)12(18)13-16-5-2-6-17-13/h1-7,11H. The Bertz CT molecular complexity index is 607. The highest BCUT2D eigenvalue weighted by atomic mass is 79.9. The van der Waals surface area contributed by atoms with E-state index in [1.165, 1.54) is 12.4 Å². The number of nitriles is 1. The zero-order valence-corrected chi connectivity index (χ0v) is 10.8. The number of benzene rings is 1. The summed E-state index contributed by atoms with van der Waals surface area (Å²) in [5, 5.41) is 9.16. The SMILES string of the molecule is N#CC(C(=O)c1ncccn1)c1cccc(Br)c1. The van der Waals surface area contributed by atoms with Crippen molar-refractivity contribution in [1.29, 1.82) is 5.26 Å². The summed E-state index contributed by atoms with van der Waals surface area (Å²) in [5.74, 6) is -1.22. The largest absolute Gasteiger partial charge is 0.289 e. The third-order valence-corrected chi connectivity index (χ3v) is 2.85. The molecule has 1 heterocycles. The van der Waals surface area contributed by atoms with Crippen LogP contribution < -0.4 is 0 Å². The van der Waals surface area contributed by atoms with E-state index in [1.807, 2.05) is 12.1 Å². The van der Waals surface area contributed by atoms with Crippen molar-refractivity contribution >= 4 is 21.7 Å². The van der Waals surface area contributed by atoms with E-state index in [1.54, 1.807) is 24.3 Å². The highest BCUT2D eigenvalue weighted by Gasteiger charge is 2.23. The second-order valence-electron chi connectivity index (χ2n) is 3.55. The molecule has 1 unspecified atom stereocenters. The van der Waals surface area contributed by atoms with Crippen molar-refractivity contribution in [2.75, 3.05) is 0 Å². The van der Waals surface area contributed by atoms with E-state index < -0.39 is 11.7 Å². The lowest BCUT2D eigenvalue weighted by Gasteiger charge is -2.07. The summed E-state index contributed by atoms with van der Waals surface area (Å²) in [4.78, 5) is 19.9. The Morgan fingerprint density at radius 1 is 1.28 bits per heavy atom. The normalized spacial score (nSPS) is 11.6. The number of nitrogens with zero attached hydrogens (tertiary/aromatic N) is 3. The highest BCUT2D eigenvalue weighted by molar-refractivity contribution is 9.10. The molecule has 0 aliphatic rings. The third-order valence-electron chi connectivity index (χ3n) is 2.36. The van der Waals surface area contributed by atoms with E-state index in [-0.39, 0.29) is 5.82 Å². The predicted octanol–water partition coefficient (Wildman–Crippen LogP) is 2.73. The van der Waals surface area contributed by atoms with Crippen molar-refractivity contribution in [3.05, 3.63) is 58.6 Å². The molecule has 1 atom stereocenters. The van der Waals surface area contributed by atoms with Crippen LogP contribution >= 0.6 is 15.9 Å². The van der Waals surface area contributed by atoms with Crippen LogP contribution in [0.5, 0.6) is 0 Å². The van der Waals surface area contributed by atoms with Crippen molar-refractivity contribution in [2.24, 2.45) is 0 Å². The summed E-state index contributed by atoms with van der Waals surface area (Å²) in [6.45, 7) is 0. The van der Waals surface area contributed by atoms with E-state index in [0.717, 1.165) is 4.47 Å². The minimum Gasteiger partial charge on any atom is -0.289 e. The summed E-state index contributed by atoms with van der Waals surface area (Å²) in [6, 6.07) is 10.7. The number of halogens is 1. The van der Waals surface area contributed by atoms with Crippen LogP contribution in [0.15, 0.2) is 47.2 Å². The van der Waals surface area contributed by atoms with Gasteiger partial charge in [0.15, 0.2) is 5.82 Å². The van der Waals surface area contributed by atoms with Gasteiger partial charge in [-0.2, -0.15) is 5.26 Å². The molecule has 18 heavy (non-hydrogen) atoms. The Kier molecular flexibility index (Phi) is 3.80. The number of hydrogen-bond acceptors (Lipinski definition) is 4. The number of hydrogen-bond donors (Lipinski definition) is 0. The maximum Gasteiger partial charge on any atom is 0.221 e. The van der Waals surface area contributed by atoms with Gasteiger partial charge in [0, 0.05) is 16.9 Å². The quantitative estimate of drug-likeness (QED) is 0.818. The third kappa shape index (κ3) is 2.60. The molecule has 88 valence electrons. The van der Waals surface area contributed by atoms with Gasteiger partial charge in [-0.15, -0.1) is 0 Å². The van der Waals surface area contributed by atoms with E-state index in [4.69, 9.17) is 5.26 Å². The molecular weight excluding hydrogens is 294 g/mol. The zero-order chi connectivity index (χ0) is 13.0. The topological polar surface area (TPSA) is 66.6 Å². The molecule has 0 saturated heterocycles. The van der Waals surface area contributed by atoms with Crippen LogP contribution in [0.25, 0.3) is 0 Å². The van der Waals surface area contributed by atoms with Gasteiger partial charge in [0.1, 0.15) is 5.92 Å². The fraction of sp³-hybridized carbons (Fsp3) is 0.0769. The molecule has 0 bridgehead atoms. The molecule has 0 saturated carbocycles. The minimum absolute atomic E-state index is 0.0593. The Hall–Kier alpha value is -2.06. The molecule has 0 aliphatic heterocycles. The van der Waals surface area contributed by atoms with Gasteiger partial charge in [0.2, 0.25) is 5.78 Å². The Balaban J connectivity index is 2.36. The fourth-order valence-corrected chi connectivity index (χ4v) is 1.94. The number of rotatable bonds is 3. The first-order valence-electron chi connectivity index (χ1n) is 5.18. The van der Waals surface area contributed by atoms with Gasteiger partial charge >= 0.3 is 0 Å². The molecule has 0 N–H and O–H groups in total. The van der Waals surface area contributed by atoms with Crippen LogP contribution in [0.4, 0.5) is 0 Å². The summed E-state index contributed by atoms with van der Waals surface area (Å²) in [7, 11) is 0. The molecule has 4 nitrogen and oxygen atoms in total. The predicted molar refractivity (Wildman–Crippen MR) is 68.9 cm³/mol. The summed E-state index contributed by atoms with van der Waals surface area (Å²) in [6.07, 6.45) is 2.96. The van der Waals surface area contributed by atoms with Gasteiger partial charge in [-0.3, -0.25) is 4.79 Å². The molecule has 1 aromatic heterocycles. The molecule has 5 heteroatoms. The molecule has 0 amide bonds. The van der Waals surface area contributed by atoms with Gasteiger partial charge in [0.25, 0.3) is 0 Å². The number of ketones is 1. The van der Waals surface area contributed by atoms with Gasteiger partial charge < -0.3 is 0 Å². The van der Waals surface area contributed by atoms with E-state index in [9.17, 15) is 4.79 Å².